The highest BCUT2D eigenvalue weighted by Gasteiger charge is 2.37. The van der Waals surface area contributed by atoms with Crippen molar-refractivity contribution in [2.45, 2.75) is 40.0 Å². The van der Waals surface area contributed by atoms with Crippen LogP contribution in [0.5, 0.6) is 0 Å². The fourth-order valence-corrected chi connectivity index (χ4v) is 3.16. The molecule has 0 spiro atoms. The quantitative estimate of drug-likeness (QED) is 0.892. The standard InChI is InChI=1S/C17H25FN2O/c1-4-17(5-2)10-11-20(12-17)16(21)13-8-7-9-14(18)15(13)19-6-3/h7-9,19H,4-6,10-12H2,1-3H3. The van der Waals surface area contributed by atoms with Crippen molar-refractivity contribution in [2.24, 2.45) is 5.41 Å². The molecule has 1 aliphatic heterocycles. The molecule has 1 saturated heterocycles. The molecule has 116 valence electrons. The predicted octanol–water partition coefficient (Wildman–Crippen LogP) is 3.91. The van der Waals surface area contributed by atoms with E-state index >= 15 is 0 Å². The number of amides is 1. The number of para-hydroxylation sites is 1. The molecule has 0 bridgehead atoms. The van der Waals surface area contributed by atoms with E-state index in [4.69, 9.17) is 0 Å². The lowest BCUT2D eigenvalue weighted by molar-refractivity contribution is 0.0770. The van der Waals surface area contributed by atoms with Gasteiger partial charge < -0.3 is 10.2 Å². The third-order valence-corrected chi connectivity index (χ3v) is 4.82. The van der Waals surface area contributed by atoms with Crippen molar-refractivity contribution in [3.63, 3.8) is 0 Å². The SMILES string of the molecule is CCNc1c(F)cccc1C(=O)N1CCC(CC)(CC)C1. The first-order chi connectivity index (χ1) is 10.1. The lowest BCUT2D eigenvalue weighted by atomic mass is 9.82. The Balaban J connectivity index is 2.24. The molecule has 3 nitrogen and oxygen atoms in total. The van der Waals surface area contributed by atoms with E-state index in [0.717, 1.165) is 32.4 Å². The van der Waals surface area contributed by atoms with Gasteiger partial charge in [-0.15, -0.1) is 0 Å². The van der Waals surface area contributed by atoms with Gasteiger partial charge in [-0.05, 0) is 43.7 Å². The summed E-state index contributed by atoms with van der Waals surface area (Å²) in [5.41, 5.74) is 1.01. The van der Waals surface area contributed by atoms with E-state index in [1.54, 1.807) is 12.1 Å². The summed E-state index contributed by atoms with van der Waals surface area (Å²) in [6.07, 6.45) is 3.20. The molecule has 1 aromatic carbocycles. The summed E-state index contributed by atoms with van der Waals surface area (Å²) in [7, 11) is 0. The molecule has 0 aliphatic carbocycles. The first-order valence-corrected chi connectivity index (χ1v) is 7.88. The number of rotatable bonds is 5. The molecule has 0 radical (unpaired) electrons. The van der Waals surface area contributed by atoms with Gasteiger partial charge in [-0.3, -0.25) is 4.79 Å². The molecular formula is C17H25FN2O. The second kappa shape index (κ2) is 6.46. The smallest absolute Gasteiger partial charge is 0.256 e. The molecule has 0 unspecified atom stereocenters. The van der Waals surface area contributed by atoms with Gasteiger partial charge in [0.15, 0.2) is 0 Å². The number of hydrogen-bond donors (Lipinski definition) is 1. The van der Waals surface area contributed by atoms with E-state index in [9.17, 15) is 9.18 Å². The van der Waals surface area contributed by atoms with E-state index in [-0.39, 0.29) is 17.1 Å². The van der Waals surface area contributed by atoms with Gasteiger partial charge in [-0.25, -0.2) is 4.39 Å². The Morgan fingerprint density at radius 2 is 2.05 bits per heavy atom. The molecule has 0 saturated carbocycles. The van der Waals surface area contributed by atoms with Gasteiger partial charge in [0.25, 0.3) is 5.91 Å². The maximum absolute atomic E-state index is 13.9. The molecule has 4 heteroatoms. The molecule has 2 rings (SSSR count). The number of carbonyl (C=O) groups is 1. The van der Waals surface area contributed by atoms with Crippen molar-refractivity contribution >= 4 is 11.6 Å². The molecule has 1 amide bonds. The zero-order valence-corrected chi connectivity index (χ0v) is 13.2. The summed E-state index contributed by atoms with van der Waals surface area (Å²) in [6, 6.07) is 4.70. The molecule has 1 aliphatic rings. The van der Waals surface area contributed by atoms with Crippen LogP contribution in [0.1, 0.15) is 50.4 Å². The summed E-state index contributed by atoms with van der Waals surface area (Å²) in [5, 5.41) is 2.97. The van der Waals surface area contributed by atoms with E-state index in [1.807, 2.05) is 11.8 Å². The normalized spacial score (nSPS) is 17.0. The number of nitrogens with one attached hydrogen (secondary N) is 1. The predicted molar refractivity (Wildman–Crippen MR) is 84.1 cm³/mol. The van der Waals surface area contributed by atoms with Gasteiger partial charge in [0.1, 0.15) is 5.82 Å². The van der Waals surface area contributed by atoms with Crippen molar-refractivity contribution in [1.29, 1.82) is 0 Å². The fourth-order valence-electron chi connectivity index (χ4n) is 3.16. The van der Waals surface area contributed by atoms with Gasteiger partial charge in [-0.2, -0.15) is 0 Å². The van der Waals surface area contributed by atoms with Crippen LogP contribution in [-0.2, 0) is 0 Å². The summed E-state index contributed by atoms with van der Waals surface area (Å²) in [4.78, 5) is 14.6. The van der Waals surface area contributed by atoms with Crippen LogP contribution in [0.2, 0.25) is 0 Å². The van der Waals surface area contributed by atoms with Crippen LogP contribution in [0.3, 0.4) is 0 Å². The zero-order valence-electron chi connectivity index (χ0n) is 13.2. The fraction of sp³-hybridized carbons (Fsp3) is 0.588. The third kappa shape index (κ3) is 3.04. The highest BCUT2D eigenvalue weighted by Crippen LogP contribution is 2.38. The maximum Gasteiger partial charge on any atom is 0.256 e. The van der Waals surface area contributed by atoms with Crippen molar-refractivity contribution in [3.8, 4) is 0 Å². The number of anilines is 1. The zero-order chi connectivity index (χ0) is 15.5. The van der Waals surface area contributed by atoms with E-state index < -0.39 is 0 Å². The number of hydrogen-bond acceptors (Lipinski definition) is 2. The largest absolute Gasteiger partial charge is 0.382 e. The topological polar surface area (TPSA) is 32.3 Å². The summed E-state index contributed by atoms with van der Waals surface area (Å²) in [6.45, 7) is 8.40. The van der Waals surface area contributed by atoms with Crippen molar-refractivity contribution < 1.29 is 9.18 Å². The Kier molecular flexibility index (Phi) is 4.86. The van der Waals surface area contributed by atoms with Gasteiger partial charge >= 0.3 is 0 Å². The monoisotopic (exact) mass is 292 g/mol. The Labute approximate surface area is 126 Å². The Bertz CT molecular complexity index is 512. The summed E-state index contributed by atoms with van der Waals surface area (Å²) >= 11 is 0. The van der Waals surface area contributed by atoms with Gasteiger partial charge in [-0.1, -0.05) is 19.9 Å². The molecule has 1 aromatic rings. The van der Waals surface area contributed by atoms with Crippen LogP contribution >= 0.6 is 0 Å². The first kappa shape index (κ1) is 15.8. The average Bonchev–Trinajstić information content (AvgIpc) is 2.94. The highest BCUT2D eigenvalue weighted by molar-refractivity contribution is 5.99. The molecule has 0 atom stereocenters. The van der Waals surface area contributed by atoms with Crippen molar-refractivity contribution in [2.75, 3.05) is 25.0 Å². The van der Waals surface area contributed by atoms with Gasteiger partial charge in [0.2, 0.25) is 0 Å². The Hall–Kier alpha value is -1.58. The number of carbonyl (C=O) groups excluding carboxylic acids is 1. The van der Waals surface area contributed by atoms with Crippen LogP contribution in [0, 0.1) is 11.2 Å². The third-order valence-electron chi connectivity index (χ3n) is 4.82. The Morgan fingerprint density at radius 3 is 2.62 bits per heavy atom. The second-order valence-electron chi connectivity index (χ2n) is 5.88. The van der Waals surface area contributed by atoms with E-state index in [2.05, 4.69) is 19.2 Å². The highest BCUT2D eigenvalue weighted by atomic mass is 19.1. The summed E-state index contributed by atoms with van der Waals surface area (Å²) in [5.74, 6) is -0.423. The maximum atomic E-state index is 13.9. The number of benzene rings is 1. The minimum Gasteiger partial charge on any atom is -0.382 e. The Morgan fingerprint density at radius 1 is 1.33 bits per heavy atom. The lowest BCUT2D eigenvalue weighted by Gasteiger charge is -2.26. The molecule has 0 aromatic heterocycles. The molecular weight excluding hydrogens is 267 g/mol. The molecule has 21 heavy (non-hydrogen) atoms. The van der Waals surface area contributed by atoms with Crippen molar-refractivity contribution in [1.82, 2.24) is 4.90 Å². The number of likely N-dealkylation sites (tertiary alicyclic amines) is 1. The summed E-state index contributed by atoms with van der Waals surface area (Å²) < 4.78 is 13.9. The minimum atomic E-state index is -0.362. The molecule has 1 fully saturated rings. The number of nitrogens with zero attached hydrogens (tertiary/aromatic N) is 1. The average molecular weight is 292 g/mol. The number of halogens is 1. The van der Waals surface area contributed by atoms with Crippen LogP contribution in [0.25, 0.3) is 0 Å². The van der Waals surface area contributed by atoms with Crippen molar-refractivity contribution in [3.05, 3.63) is 29.6 Å². The molecule has 1 N–H and O–H groups in total. The van der Waals surface area contributed by atoms with Crippen LogP contribution in [0.15, 0.2) is 18.2 Å². The lowest BCUT2D eigenvalue weighted by Crippen LogP contribution is -2.32. The van der Waals surface area contributed by atoms with Crippen LogP contribution in [0.4, 0.5) is 10.1 Å². The van der Waals surface area contributed by atoms with Gasteiger partial charge in [0, 0.05) is 19.6 Å². The molecule has 1 heterocycles. The van der Waals surface area contributed by atoms with Gasteiger partial charge in [0.05, 0.1) is 11.3 Å². The van der Waals surface area contributed by atoms with E-state index in [1.165, 1.54) is 6.07 Å². The van der Waals surface area contributed by atoms with Crippen LogP contribution in [-0.4, -0.2) is 30.4 Å². The second-order valence-corrected chi connectivity index (χ2v) is 5.88. The van der Waals surface area contributed by atoms with Crippen LogP contribution < -0.4 is 5.32 Å². The van der Waals surface area contributed by atoms with E-state index in [0.29, 0.717) is 17.8 Å². The minimum absolute atomic E-state index is 0.0609. The first-order valence-electron chi connectivity index (χ1n) is 7.88.